The van der Waals surface area contributed by atoms with Gasteiger partial charge in [-0.05, 0) is 36.6 Å². The summed E-state index contributed by atoms with van der Waals surface area (Å²) in [6.07, 6.45) is 0.811. The van der Waals surface area contributed by atoms with Crippen molar-refractivity contribution in [3.63, 3.8) is 0 Å². The van der Waals surface area contributed by atoms with E-state index in [-0.39, 0.29) is 5.82 Å². The molecule has 1 aromatic carbocycles. The van der Waals surface area contributed by atoms with Crippen molar-refractivity contribution in [3.05, 3.63) is 45.4 Å². The summed E-state index contributed by atoms with van der Waals surface area (Å²) in [5.74, 6) is 0.583. The molecule has 0 amide bonds. The summed E-state index contributed by atoms with van der Waals surface area (Å²) in [6.45, 7) is 4.21. The van der Waals surface area contributed by atoms with Gasteiger partial charge in [-0.25, -0.2) is 14.4 Å². The Morgan fingerprint density at radius 2 is 1.95 bits per heavy atom. The van der Waals surface area contributed by atoms with E-state index in [2.05, 4.69) is 39.7 Å². The highest BCUT2D eigenvalue weighted by atomic mass is 79.9. The summed E-state index contributed by atoms with van der Waals surface area (Å²) in [7, 11) is 0. The highest BCUT2D eigenvalue weighted by Gasteiger charge is 2.09. The second kappa shape index (κ2) is 5.97. The van der Waals surface area contributed by atoms with Crippen LogP contribution >= 0.6 is 27.5 Å². The summed E-state index contributed by atoms with van der Waals surface area (Å²) in [4.78, 5) is 8.60. The zero-order valence-electron chi connectivity index (χ0n) is 10.6. The highest BCUT2D eigenvalue weighted by molar-refractivity contribution is 9.10. The number of halogens is 3. The molecule has 2 nitrogen and oxygen atoms in total. The molecule has 19 heavy (non-hydrogen) atoms. The minimum absolute atomic E-state index is 0.335. The zero-order valence-corrected chi connectivity index (χ0v) is 13.0. The Balaban J connectivity index is 2.46. The van der Waals surface area contributed by atoms with Crippen molar-refractivity contribution >= 4 is 27.5 Å². The average Bonchev–Trinajstić information content (AvgIpc) is 2.25. The van der Waals surface area contributed by atoms with Crippen molar-refractivity contribution in [1.82, 2.24) is 9.97 Å². The van der Waals surface area contributed by atoms with E-state index in [0.29, 0.717) is 26.9 Å². The van der Waals surface area contributed by atoms with Gasteiger partial charge in [-0.2, -0.15) is 0 Å². The molecule has 0 fully saturated rings. The smallest absolute Gasteiger partial charge is 0.161 e. The summed E-state index contributed by atoms with van der Waals surface area (Å²) in [5, 5.41) is 0.376. The number of hydrogen-bond acceptors (Lipinski definition) is 2. The Morgan fingerprint density at radius 1 is 1.21 bits per heavy atom. The van der Waals surface area contributed by atoms with E-state index in [1.165, 1.54) is 12.1 Å². The highest BCUT2D eigenvalue weighted by Crippen LogP contribution is 2.24. The molecule has 0 radical (unpaired) electrons. The fourth-order valence-corrected chi connectivity index (χ4v) is 2.47. The maximum absolute atomic E-state index is 13.4. The zero-order chi connectivity index (χ0) is 14.0. The van der Waals surface area contributed by atoms with E-state index in [9.17, 15) is 4.39 Å². The molecule has 0 N–H and O–H groups in total. The van der Waals surface area contributed by atoms with Crippen LogP contribution in [0.2, 0.25) is 5.15 Å². The van der Waals surface area contributed by atoms with Gasteiger partial charge in [-0.15, -0.1) is 0 Å². The largest absolute Gasteiger partial charge is 0.233 e. The van der Waals surface area contributed by atoms with Crippen molar-refractivity contribution < 1.29 is 4.39 Å². The predicted molar refractivity (Wildman–Crippen MR) is 78.7 cm³/mol. The third-order valence-electron chi connectivity index (χ3n) is 2.49. The number of nitrogens with zero attached hydrogens (tertiary/aromatic N) is 2. The van der Waals surface area contributed by atoms with Gasteiger partial charge in [0.25, 0.3) is 0 Å². The molecule has 1 heterocycles. The van der Waals surface area contributed by atoms with Gasteiger partial charge in [0.1, 0.15) is 11.0 Å². The molecular formula is C14H13BrClFN2. The molecule has 1 aromatic heterocycles. The summed E-state index contributed by atoms with van der Waals surface area (Å²) in [5.41, 5.74) is 1.48. The van der Waals surface area contributed by atoms with Gasteiger partial charge >= 0.3 is 0 Å². The molecule has 0 saturated carbocycles. The molecule has 5 heteroatoms. The second-order valence-corrected chi connectivity index (χ2v) is 6.06. The Morgan fingerprint density at radius 3 is 2.58 bits per heavy atom. The molecule has 0 aliphatic rings. The molecule has 100 valence electrons. The molecular weight excluding hydrogens is 331 g/mol. The van der Waals surface area contributed by atoms with Gasteiger partial charge < -0.3 is 0 Å². The molecule has 0 saturated heterocycles. The third-order valence-corrected chi connectivity index (χ3v) is 3.14. The van der Waals surface area contributed by atoms with Crippen LogP contribution in [0.25, 0.3) is 11.4 Å². The van der Waals surface area contributed by atoms with Crippen LogP contribution in [0, 0.1) is 11.7 Å². The Bertz CT molecular complexity index is 582. The summed E-state index contributed by atoms with van der Waals surface area (Å²) >= 11 is 9.27. The van der Waals surface area contributed by atoms with Gasteiger partial charge in [0.15, 0.2) is 5.82 Å². The van der Waals surface area contributed by atoms with E-state index in [4.69, 9.17) is 11.6 Å². The van der Waals surface area contributed by atoms with Crippen LogP contribution < -0.4 is 0 Å². The molecule has 0 aliphatic carbocycles. The van der Waals surface area contributed by atoms with Crippen LogP contribution in [-0.4, -0.2) is 9.97 Å². The molecule has 0 unspecified atom stereocenters. The van der Waals surface area contributed by atoms with Crippen LogP contribution in [-0.2, 0) is 6.42 Å². The second-order valence-electron chi connectivity index (χ2n) is 4.76. The Hall–Kier alpha value is -1.00. The van der Waals surface area contributed by atoms with Gasteiger partial charge in [-0.1, -0.05) is 41.4 Å². The molecule has 0 atom stereocenters. The first-order chi connectivity index (χ1) is 8.94. The number of rotatable bonds is 3. The molecule has 2 aromatic rings. The maximum Gasteiger partial charge on any atom is 0.161 e. The van der Waals surface area contributed by atoms with Crippen molar-refractivity contribution in [2.24, 2.45) is 5.92 Å². The lowest BCUT2D eigenvalue weighted by Gasteiger charge is -2.08. The van der Waals surface area contributed by atoms with E-state index in [0.717, 1.165) is 12.1 Å². The fourth-order valence-electron chi connectivity index (χ4n) is 1.80. The van der Waals surface area contributed by atoms with E-state index in [1.807, 2.05) is 0 Å². The first-order valence-electron chi connectivity index (χ1n) is 5.94. The topological polar surface area (TPSA) is 25.8 Å². The van der Waals surface area contributed by atoms with Gasteiger partial charge in [0.05, 0.1) is 0 Å². The van der Waals surface area contributed by atoms with E-state index in [1.54, 1.807) is 12.1 Å². The Labute approximate surface area is 125 Å². The SMILES string of the molecule is CC(C)Cc1cc(Cl)nc(-c2cc(F)cc(Br)c2)n1. The van der Waals surface area contributed by atoms with Gasteiger partial charge in [0, 0.05) is 15.7 Å². The van der Waals surface area contributed by atoms with E-state index >= 15 is 0 Å². The lowest BCUT2D eigenvalue weighted by atomic mass is 10.1. The molecule has 2 rings (SSSR count). The first-order valence-corrected chi connectivity index (χ1v) is 7.11. The maximum atomic E-state index is 13.4. The third kappa shape index (κ3) is 3.98. The van der Waals surface area contributed by atoms with Gasteiger partial charge in [-0.3, -0.25) is 0 Å². The quantitative estimate of drug-likeness (QED) is 0.741. The molecule has 0 spiro atoms. The number of aromatic nitrogens is 2. The first kappa shape index (κ1) is 14.4. The van der Waals surface area contributed by atoms with Crippen molar-refractivity contribution in [1.29, 1.82) is 0 Å². The van der Waals surface area contributed by atoms with Crippen LogP contribution in [0.5, 0.6) is 0 Å². The monoisotopic (exact) mass is 342 g/mol. The summed E-state index contributed by atoms with van der Waals surface area (Å²) < 4.78 is 14.1. The van der Waals surface area contributed by atoms with Crippen LogP contribution in [0.15, 0.2) is 28.7 Å². The lowest BCUT2D eigenvalue weighted by molar-refractivity contribution is 0.626. The van der Waals surface area contributed by atoms with Crippen LogP contribution in [0.3, 0.4) is 0 Å². The van der Waals surface area contributed by atoms with Crippen molar-refractivity contribution in [3.8, 4) is 11.4 Å². The summed E-state index contributed by atoms with van der Waals surface area (Å²) in [6, 6.07) is 6.31. The lowest BCUT2D eigenvalue weighted by Crippen LogP contribution is -2.01. The number of benzene rings is 1. The van der Waals surface area contributed by atoms with Crippen molar-refractivity contribution in [2.75, 3.05) is 0 Å². The average molecular weight is 344 g/mol. The van der Waals surface area contributed by atoms with Crippen LogP contribution in [0.1, 0.15) is 19.5 Å². The number of hydrogen-bond donors (Lipinski definition) is 0. The minimum Gasteiger partial charge on any atom is -0.233 e. The minimum atomic E-state index is -0.335. The molecule has 0 aliphatic heterocycles. The normalized spacial score (nSPS) is 11.1. The molecule has 0 bridgehead atoms. The van der Waals surface area contributed by atoms with E-state index < -0.39 is 0 Å². The van der Waals surface area contributed by atoms with Gasteiger partial charge in [0.2, 0.25) is 0 Å². The van der Waals surface area contributed by atoms with Crippen LogP contribution in [0.4, 0.5) is 4.39 Å². The Kier molecular flexibility index (Phi) is 4.53. The standard InChI is InChI=1S/C14H13BrClFN2/c1-8(2)3-12-7-13(16)19-14(18-12)9-4-10(15)6-11(17)5-9/h4-8H,3H2,1-2H3. The fraction of sp³-hybridized carbons (Fsp3) is 0.286. The van der Waals surface area contributed by atoms with Crippen molar-refractivity contribution in [2.45, 2.75) is 20.3 Å². The predicted octanol–water partition coefficient (Wildman–Crippen LogP) is 4.90.